The summed E-state index contributed by atoms with van der Waals surface area (Å²) in [5.41, 5.74) is 3.34. The van der Waals surface area contributed by atoms with Gasteiger partial charge in [-0.3, -0.25) is 9.59 Å². The molecule has 1 atom stereocenters. The zero-order valence-electron chi connectivity index (χ0n) is 12.7. The highest BCUT2D eigenvalue weighted by atomic mass is 16.4. The summed E-state index contributed by atoms with van der Waals surface area (Å²) < 4.78 is 0. The maximum atomic E-state index is 12.2. The van der Waals surface area contributed by atoms with Gasteiger partial charge in [0, 0.05) is 12.1 Å². The van der Waals surface area contributed by atoms with E-state index in [9.17, 15) is 14.7 Å². The average molecular weight is 297 g/mol. The van der Waals surface area contributed by atoms with Crippen molar-refractivity contribution >= 4 is 17.6 Å². The molecular weight excluding hydrogens is 278 g/mol. The van der Waals surface area contributed by atoms with E-state index in [1.807, 2.05) is 38.1 Å². The van der Waals surface area contributed by atoms with Gasteiger partial charge in [-0.05, 0) is 36.6 Å². The van der Waals surface area contributed by atoms with Gasteiger partial charge in [-0.1, -0.05) is 42.5 Å². The minimum absolute atomic E-state index is 0.0905. The van der Waals surface area contributed by atoms with Crippen molar-refractivity contribution in [3.8, 4) is 0 Å². The van der Waals surface area contributed by atoms with Gasteiger partial charge >= 0.3 is 5.97 Å². The monoisotopic (exact) mass is 297 g/mol. The third-order valence-electron chi connectivity index (χ3n) is 3.56. The van der Waals surface area contributed by atoms with E-state index in [-0.39, 0.29) is 12.3 Å². The van der Waals surface area contributed by atoms with Gasteiger partial charge in [-0.2, -0.15) is 0 Å². The van der Waals surface area contributed by atoms with Crippen molar-refractivity contribution in [2.75, 3.05) is 5.32 Å². The molecule has 0 spiro atoms. The lowest BCUT2D eigenvalue weighted by molar-refractivity contribution is -0.140. The molecule has 4 heteroatoms. The number of carboxylic acids is 1. The number of nitrogens with one attached hydrogen (secondary N) is 1. The summed E-state index contributed by atoms with van der Waals surface area (Å²) in [7, 11) is 0. The molecule has 0 saturated carbocycles. The topological polar surface area (TPSA) is 66.4 Å². The quantitative estimate of drug-likeness (QED) is 0.887. The fraction of sp³-hybridized carbons (Fsp3) is 0.222. The lowest BCUT2D eigenvalue weighted by Gasteiger charge is -2.14. The van der Waals surface area contributed by atoms with Crippen LogP contribution in [0.1, 0.15) is 29.0 Å². The number of carbonyl (C=O) groups excluding carboxylic acids is 1. The second-order valence-corrected chi connectivity index (χ2v) is 5.37. The van der Waals surface area contributed by atoms with Gasteiger partial charge < -0.3 is 10.4 Å². The van der Waals surface area contributed by atoms with Gasteiger partial charge in [-0.15, -0.1) is 0 Å². The van der Waals surface area contributed by atoms with Crippen LogP contribution in [0.3, 0.4) is 0 Å². The first-order chi connectivity index (χ1) is 10.5. The number of aliphatic carboxylic acids is 1. The van der Waals surface area contributed by atoms with E-state index in [0.29, 0.717) is 5.56 Å². The van der Waals surface area contributed by atoms with Crippen molar-refractivity contribution in [3.05, 3.63) is 65.2 Å². The summed E-state index contributed by atoms with van der Waals surface area (Å²) in [6.07, 6.45) is -0.0905. The Morgan fingerprint density at radius 1 is 1.09 bits per heavy atom. The first-order valence-corrected chi connectivity index (χ1v) is 7.12. The highest BCUT2D eigenvalue weighted by molar-refractivity contribution is 5.95. The summed E-state index contributed by atoms with van der Waals surface area (Å²) in [5, 5.41) is 12.2. The second kappa shape index (κ2) is 6.89. The van der Waals surface area contributed by atoms with Crippen molar-refractivity contribution in [2.24, 2.45) is 0 Å². The van der Waals surface area contributed by atoms with Crippen LogP contribution in [0.2, 0.25) is 0 Å². The van der Waals surface area contributed by atoms with E-state index in [2.05, 4.69) is 5.32 Å². The smallest absolute Gasteiger partial charge is 0.311 e. The second-order valence-electron chi connectivity index (χ2n) is 5.37. The molecule has 114 valence electrons. The summed E-state index contributed by atoms with van der Waals surface area (Å²) in [5.74, 6) is -2.14. The number of carboxylic acid groups (broad SMARTS) is 1. The number of benzene rings is 2. The summed E-state index contributed by atoms with van der Waals surface area (Å²) >= 11 is 0. The Hall–Kier alpha value is -2.62. The Balaban J connectivity index is 2.12. The molecule has 4 nitrogen and oxygen atoms in total. The fourth-order valence-electron chi connectivity index (χ4n) is 2.29. The molecule has 0 heterocycles. The van der Waals surface area contributed by atoms with Crippen LogP contribution in [0.15, 0.2) is 48.5 Å². The SMILES string of the molecule is Cc1ccc(C)c(NC(=O)C[C@@H](C(=O)O)c2ccccc2)c1. The van der Waals surface area contributed by atoms with E-state index in [1.54, 1.807) is 24.3 Å². The Morgan fingerprint density at radius 3 is 2.41 bits per heavy atom. The first kappa shape index (κ1) is 15.8. The van der Waals surface area contributed by atoms with Crippen molar-refractivity contribution in [3.63, 3.8) is 0 Å². The third kappa shape index (κ3) is 3.95. The van der Waals surface area contributed by atoms with E-state index < -0.39 is 11.9 Å². The molecule has 0 radical (unpaired) electrons. The predicted octanol–water partition coefficient (Wildman–Crippen LogP) is 3.50. The van der Waals surface area contributed by atoms with Gasteiger partial charge in [0.1, 0.15) is 0 Å². The maximum Gasteiger partial charge on any atom is 0.311 e. The molecule has 0 saturated heterocycles. The fourth-order valence-corrected chi connectivity index (χ4v) is 2.29. The molecule has 1 amide bonds. The van der Waals surface area contributed by atoms with Crippen LogP contribution < -0.4 is 5.32 Å². The molecule has 0 aromatic heterocycles. The molecule has 0 bridgehead atoms. The van der Waals surface area contributed by atoms with Crippen molar-refractivity contribution in [1.82, 2.24) is 0 Å². The van der Waals surface area contributed by atoms with Crippen LogP contribution in [0.4, 0.5) is 5.69 Å². The zero-order valence-corrected chi connectivity index (χ0v) is 12.7. The van der Waals surface area contributed by atoms with Gasteiger partial charge in [0.05, 0.1) is 5.92 Å². The number of amides is 1. The lowest BCUT2D eigenvalue weighted by Crippen LogP contribution is -2.21. The molecular formula is C18H19NO3. The van der Waals surface area contributed by atoms with Crippen LogP contribution >= 0.6 is 0 Å². The number of hydrogen-bond donors (Lipinski definition) is 2. The van der Waals surface area contributed by atoms with Crippen LogP contribution in [0, 0.1) is 13.8 Å². The highest BCUT2D eigenvalue weighted by Crippen LogP contribution is 2.22. The van der Waals surface area contributed by atoms with Crippen molar-refractivity contribution < 1.29 is 14.7 Å². The minimum atomic E-state index is -0.998. The van der Waals surface area contributed by atoms with E-state index in [0.717, 1.165) is 16.8 Å². The summed E-state index contributed by atoms with van der Waals surface area (Å²) in [6, 6.07) is 14.6. The van der Waals surface area contributed by atoms with Gasteiger partial charge in [-0.25, -0.2) is 0 Å². The lowest BCUT2D eigenvalue weighted by atomic mass is 9.95. The number of hydrogen-bond acceptors (Lipinski definition) is 2. The van der Waals surface area contributed by atoms with E-state index in [1.165, 1.54) is 0 Å². The van der Waals surface area contributed by atoms with Gasteiger partial charge in [0.2, 0.25) is 5.91 Å². The normalized spacial score (nSPS) is 11.7. The highest BCUT2D eigenvalue weighted by Gasteiger charge is 2.23. The third-order valence-corrected chi connectivity index (χ3v) is 3.56. The molecule has 0 unspecified atom stereocenters. The molecule has 2 rings (SSSR count). The Bertz CT molecular complexity index is 680. The molecule has 2 aromatic carbocycles. The van der Waals surface area contributed by atoms with Crippen molar-refractivity contribution in [2.45, 2.75) is 26.2 Å². The largest absolute Gasteiger partial charge is 0.481 e. The Labute approximate surface area is 129 Å². The molecule has 22 heavy (non-hydrogen) atoms. The predicted molar refractivity (Wildman–Crippen MR) is 86.0 cm³/mol. The molecule has 0 aliphatic carbocycles. The number of carbonyl (C=O) groups is 2. The average Bonchev–Trinajstić information content (AvgIpc) is 2.49. The molecule has 0 aliphatic heterocycles. The van der Waals surface area contributed by atoms with Crippen LogP contribution in [-0.2, 0) is 9.59 Å². The van der Waals surface area contributed by atoms with Crippen LogP contribution in [-0.4, -0.2) is 17.0 Å². The zero-order chi connectivity index (χ0) is 16.1. The van der Waals surface area contributed by atoms with Crippen LogP contribution in [0.25, 0.3) is 0 Å². The number of aryl methyl sites for hydroxylation is 2. The Morgan fingerprint density at radius 2 is 1.77 bits per heavy atom. The van der Waals surface area contributed by atoms with Crippen molar-refractivity contribution in [1.29, 1.82) is 0 Å². The van der Waals surface area contributed by atoms with Gasteiger partial charge in [0.15, 0.2) is 0 Å². The Kier molecular flexibility index (Phi) is 4.94. The standard InChI is InChI=1S/C18H19NO3/c1-12-8-9-13(2)16(10-12)19-17(20)11-15(18(21)22)14-6-4-3-5-7-14/h3-10,15H,11H2,1-2H3,(H,19,20)(H,21,22)/t15-/m1/s1. The number of anilines is 1. The summed E-state index contributed by atoms with van der Waals surface area (Å²) in [6.45, 7) is 3.85. The molecule has 2 N–H and O–H groups in total. The first-order valence-electron chi connectivity index (χ1n) is 7.12. The number of rotatable bonds is 5. The molecule has 0 aliphatic rings. The summed E-state index contributed by atoms with van der Waals surface area (Å²) in [4.78, 5) is 23.6. The van der Waals surface area contributed by atoms with Gasteiger partial charge in [0.25, 0.3) is 0 Å². The van der Waals surface area contributed by atoms with E-state index in [4.69, 9.17) is 0 Å². The van der Waals surface area contributed by atoms with E-state index >= 15 is 0 Å². The molecule has 2 aromatic rings. The maximum absolute atomic E-state index is 12.2. The minimum Gasteiger partial charge on any atom is -0.481 e. The molecule has 0 fully saturated rings. The van der Waals surface area contributed by atoms with Crippen LogP contribution in [0.5, 0.6) is 0 Å².